The van der Waals surface area contributed by atoms with Gasteiger partial charge in [-0.05, 0) is 37.0 Å². The molecule has 4 N–H and O–H groups in total. The molecule has 17 heavy (non-hydrogen) atoms. The lowest BCUT2D eigenvalue weighted by Crippen LogP contribution is -2.38. The van der Waals surface area contributed by atoms with Crippen molar-refractivity contribution in [1.82, 2.24) is 5.32 Å². The zero-order chi connectivity index (χ0) is 12.3. The molecule has 2 rings (SSSR count). The Morgan fingerprint density at radius 2 is 2.24 bits per heavy atom. The summed E-state index contributed by atoms with van der Waals surface area (Å²) >= 11 is 0. The van der Waals surface area contributed by atoms with E-state index in [0.29, 0.717) is 11.9 Å². The zero-order valence-corrected chi connectivity index (χ0v) is 10.8. The largest absolute Gasteiger partial charge is 0.409 e. The second-order valence-electron chi connectivity index (χ2n) is 6.12. The first-order valence-corrected chi connectivity index (χ1v) is 6.83. The maximum atomic E-state index is 8.62. The molecule has 2 unspecified atom stereocenters. The molecule has 0 aromatic carbocycles. The standard InChI is InChI=1S/C13H25N3O/c1-10-3-2-4-11(7-10)15-9-13(5-6-13)8-12(14)16-17/h10-11,15,17H,2-9H2,1H3,(H2,14,16). The fraction of sp³-hybridized carbons (Fsp3) is 0.923. The molecule has 0 aliphatic heterocycles. The molecular formula is C13H25N3O. The van der Waals surface area contributed by atoms with Crippen LogP contribution >= 0.6 is 0 Å². The SMILES string of the molecule is CC1CCCC(NCC2(CC(N)=NO)CC2)C1. The van der Waals surface area contributed by atoms with Crippen molar-refractivity contribution in [1.29, 1.82) is 0 Å². The second kappa shape index (κ2) is 5.25. The van der Waals surface area contributed by atoms with Gasteiger partial charge in [-0.15, -0.1) is 0 Å². The smallest absolute Gasteiger partial charge is 0.139 e. The summed E-state index contributed by atoms with van der Waals surface area (Å²) in [7, 11) is 0. The van der Waals surface area contributed by atoms with Crippen LogP contribution in [0.4, 0.5) is 0 Å². The Kier molecular flexibility index (Phi) is 3.92. The summed E-state index contributed by atoms with van der Waals surface area (Å²) < 4.78 is 0. The summed E-state index contributed by atoms with van der Waals surface area (Å²) in [5.74, 6) is 1.24. The number of hydrogen-bond acceptors (Lipinski definition) is 3. The Hall–Kier alpha value is -0.770. The van der Waals surface area contributed by atoms with Crippen LogP contribution in [0.1, 0.15) is 51.9 Å². The number of amidine groups is 1. The number of nitrogens with two attached hydrogens (primary N) is 1. The quantitative estimate of drug-likeness (QED) is 0.298. The van der Waals surface area contributed by atoms with Crippen LogP contribution in [0.2, 0.25) is 0 Å². The molecule has 0 amide bonds. The minimum absolute atomic E-state index is 0.289. The van der Waals surface area contributed by atoms with Gasteiger partial charge in [-0.3, -0.25) is 0 Å². The van der Waals surface area contributed by atoms with E-state index in [1.807, 2.05) is 0 Å². The van der Waals surface area contributed by atoms with Gasteiger partial charge in [-0.2, -0.15) is 0 Å². The lowest BCUT2D eigenvalue weighted by molar-refractivity contribution is 0.283. The molecule has 0 heterocycles. The molecule has 0 aromatic heterocycles. The highest BCUT2D eigenvalue weighted by molar-refractivity contribution is 5.80. The molecule has 2 aliphatic carbocycles. The van der Waals surface area contributed by atoms with Crippen molar-refractivity contribution in [2.45, 2.75) is 57.9 Å². The molecule has 2 atom stereocenters. The van der Waals surface area contributed by atoms with Crippen LogP contribution in [0, 0.1) is 11.3 Å². The maximum absolute atomic E-state index is 8.62. The summed E-state index contributed by atoms with van der Waals surface area (Å²) in [4.78, 5) is 0. The van der Waals surface area contributed by atoms with E-state index >= 15 is 0 Å². The Bertz CT molecular complexity index is 286. The average molecular weight is 239 g/mol. The van der Waals surface area contributed by atoms with Crippen molar-refractivity contribution in [2.24, 2.45) is 22.2 Å². The topological polar surface area (TPSA) is 70.6 Å². The van der Waals surface area contributed by atoms with Crippen molar-refractivity contribution in [2.75, 3.05) is 6.54 Å². The second-order valence-corrected chi connectivity index (χ2v) is 6.12. The van der Waals surface area contributed by atoms with Crippen LogP contribution in [0.3, 0.4) is 0 Å². The summed E-state index contributed by atoms with van der Waals surface area (Å²) in [5, 5.41) is 15.4. The highest BCUT2D eigenvalue weighted by atomic mass is 16.4. The van der Waals surface area contributed by atoms with Crippen molar-refractivity contribution < 1.29 is 5.21 Å². The Morgan fingerprint density at radius 3 is 2.82 bits per heavy atom. The van der Waals surface area contributed by atoms with E-state index in [0.717, 1.165) is 18.9 Å². The van der Waals surface area contributed by atoms with Gasteiger partial charge in [0.2, 0.25) is 0 Å². The fourth-order valence-electron chi connectivity index (χ4n) is 2.99. The molecule has 2 aliphatic rings. The third-order valence-electron chi connectivity index (χ3n) is 4.34. The molecule has 2 saturated carbocycles. The van der Waals surface area contributed by atoms with E-state index in [-0.39, 0.29) is 5.41 Å². The normalized spacial score (nSPS) is 32.4. The van der Waals surface area contributed by atoms with Crippen LogP contribution in [0.5, 0.6) is 0 Å². The monoisotopic (exact) mass is 239 g/mol. The lowest BCUT2D eigenvalue weighted by Gasteiger charge is -2.29. The molecule has 0 saturated heterocycles. The maximum Gasteiger partial charge on any atom is 0.139 e. The van der Waals surface area contributed by atoms with Gasteiger partial charge in [0.15, 0.2) is 0 Å². The first kappa shape index (κ1) is 12.7. The van der Waals surface area contributed by atoms with Gasteiger partial charge < -0.3 is 16.3 Å². The first-order valence-electron chi connectivity index (χ1n) is 6.83. The lowest BCUT2D eigenvalue weighted by atomic mass is 9.86. The van der Waals surface area contributed by atoms with Crippen molar-refractivity contribution >= 4 is 5.84 Å². The predicted octanol–water partition coefficient (Wildman–Crippen LogP) is 2.07. The van der Waals surface area contributed by atoms with E-state index in [1.54, 1.807) is 0 Å². The van der Waals surface area contributed by atoms with Gasteiger partial charge in [0.1, 0.15) is 5.84 Å². The molecule has 0 bridgehead atoms. The molecular weight excluding hydrogens is 214 g/mol. The van der Waals surface area contributed by atoms with Gasteiger partial charge in [-0.25, -0.2) is 0 Å². The van der Waals surface area contributed by atoms with E-state index in [2.05, 4.69) is 17.4 Å². The van der Waals surface area contributed by atoms with Crippen LogP contribution < -0.4 is 11.1 Å². The molecule has 0 spiro atoms. The fourth-order valence-corrected chi connectivity index (χ4v) is 2.99. The zero-order valence-electron chi connectivity index (χ0n) is 10.8. The van der Waals surface area contributed by atoms with Crippen molar-refractivity contribution in [3.63, 3.8) is 0 Å². The molecule has 4 heteroatoms. The molecule has 0 aromatic rings. The van der Waals surface area contributed by atoms with Crippen LogP contribution in [0.15, 0.2) is 5.16 Å². The molecule has 4 nitrogen and oxygen atoms in total. The first-order chi connectivity index (χ1) is 8.13. The Labute approximate surface area is 104 Å². The summed E-state index contributed by atoms with van der Waals surface area (Å²) in [6, 6.07) is 0.684. The van der Waals surface area contributed by atoms with E-state index in [9.17, 15) is 0 Å². The van der Waals surface area contributed by atoms with Gasteiger partial charge in [0.05, 0.1) is 0 Å². The minimum atomic E-state index is 0.289. The number of nitrogens with one attached hydrogen (secondary N) is 1. The average Bonchev–Trinajstić information content (AvgIpc) is 3.07. The highest BCUT2D eigenvalue weighted by Crippen LogP contribution is 2.48. The summed E-state index contributed by atoms with van der Waals surface area (Å²) in [6.45, 7) is 3.37. The van der Waals surface area contributed by atoms with Crippen LogP contribution in [-0.4, -0.2) is 23.6 Å². The van der Waals surface area contributed by atoms with E-state index in [4.69, 9.17) is 10.9 Å². The number of oxime groups is 1. The van der Waals surface area contributed by atoms with Crippen molar-refractivity contribution in [3.05, 3.63) is 0 Å². The van der Waals surface area contributed by atoms with Gasteiger partial charge in [0, 0.05) is 19.0 Å². The number of hydrogen-bond donors (Lipinski definition) is 3. The number of nitrogens with zero attached hydrogens (tertiary/aromatic N) is 1. The third kappa shape index (κ3) is 3.60. The Morgan fingerprint density at radius 1 is 1.47 bits per heavy atom. The molecule has 2 fully saturated rings. The van der Waals surface area contributed by atoms with E-state index in [1.165, 1.54) is 38.5 Å². The minimum Gasteiger partial charge on any atom is -0.409 e. The van der Waals surface area contributed by atoms with Gasteiger partial charge >= 0.3 is 0 Å². The van der Waals surface area contributed by atoms with Crippen LogP contribution in [-0.2, 0) is 0 Å². The molecule has 98 valence electrons. The molecule has 0 radical (unpaired) electrons. The predicted molar refractivity (Wildman–Crippen MR) is 69.1 cm³/mol. The summed E-state index contributed by atoms with van der Waals surface area (Å²) in [5.41, 5.74) is 5.89. The van der Waals surface area contributed by atoms with E-state index < -0.39 is 0 Å². The van der Waals surface area contributed by atoms with Crippen molar-refractivity contribution in [3.8, 4) is 0 Å². The van der Waals surface area contributed by atoms with Gasteiger partial charge in [0.25, 0.3) is 0 Å². The third-order valence-corrected chi connectivity index (χ3v) is 4.34. The number of rotatable bonds is 5. The van der Waals surface area contributed by atoms with Crippen LogP contribution in [0.25, 0.3) is 0 Å². The highest BCUT2D eigenvalue weighted by Gasteiger charge is 2.43. The summed E-state index contributed by atoms with van der Waals surface area (Å²) in [6.07, 6.45) is 8.50. The Balaban J connectivity index is 1.74. The van der Waals surface area contributed by atoms with Gasteiger partial charge in [-0.1, -0.05) is 24.9 Å².